The third-order valence-corrected chi connectivity index (χ3v) is 2.41. The minimum absolute atomic E-state index is 0.213. The maximum absolute atomic E-state index is 12.9. The number of amides is 1. The van der Waals surface area contributed by atoms with E-state index in [9.17, 15) is 18.0 Å². The molecule has 1 aromatic rings. The minimum atomic E-state index is -4.56. The van der Waals surface area contributed by atoms with Gasteiger partial charge in [0.05, 0.1) is 0 Å². The van der Waals surface area contributed by atoms with E-state index in [-0.39, 0.29) is 11.5 Å². The Kier molecular flexibility index (Phi) is 4.02. The number of halogens is 3. The van der Waals surface area contributed by atoms with Crippen LogP contribution in [-0.4, -0.2) is 28.1 Å². The molecule has 0 radical (unpaired) electrons. The van der Waals surface area contributed by atoms with Crippen molar-refractivity contribution in [1.29, 1.82) is 0 Å². The second-order valence-electron chi connectivity index (χ2n) is 5.10. The van der Waals surface area contributed by atoms with Crippen molar-refractivity contribution in [3.63, 3.8) is 0 Å². The molecule has 3 N–H and O–H groups in total. The summed E-state index contributed by atoms with van der Waals surface area (Å²) in [6.07, 6.45) is -2.13. The van der Waals surface area contributed by atoms with Crippen molar-refractivity contribution in [2.24, 2.45) is 5.41 Å². The lowest BCUT2D eigenvalue weighted by Crippen LogP contribution is -2.53. The molecule has 0 fully saturated rings. The molecule has 19 heavy (non-hydrogen) atoms. The summed E-state index contributed by atoms with van der Waals surface area (Å²) in [5.41, 5.74) is 3.89. The van der Waals surface area contributed by atoms with Crippen molar-refractivity contribution in [3.8, 4) is 0 Å². The van der Waals surface area contributed by atoms with Gasteiger partial charge in [0, 0.05) is 12.4 Å². The number of nitrogen functional groups attached to an aromatic ring is 1. The highest BCUT2D eigenvalue weighted by Gasteiger charge is 2.48. The molecule has 1 rings (SSSR count). The van der Waals surface area contributed by atoms with Gasteiger partial charge in [-0.25, -0.2) is 9.97 Å². The number of hydrogen-bond acceptors (Lipinski definition) is 4. The highest BCUT2D eigenvalue weighted by molar-refractivity contribution is 5.96. The number of aromatic nitrogens is 2. The van der Waals surface area contributed by atoms with Crippen LogP contribution in [0.15, 0.2) is 12.4 Å². The van der Waals surface area contributed by atoms with Crippen LogP contribution in [0.25, 0.3) is 0 Å². The highest BCUT2D eigenvalue weighted by atomic mass is 19.4. The van der Waals surface area contributed by atoms with Crippen LogP contribution in [0.4, 0.5) is 19.0 Å². The Morgan fingerprint density at radius 1 is 1.26 bits per heavy atom. The van der Waals surface area contributed by atoms with E-state index in [1.54, 1.807) is 0 Å². The number of anilines is 1. The molecule has 1 amide bonds. The number of nitrogens with one attached hydrogen (secondary N) is 1. The van der Waals surface area contributed by atoms with Gasteiger partial charge in [-0.2, -0.15) is 13.2 Å². The first kappa shape index (κ1) is 15.2. The lowest BCUT2D eigenvalue weighted by molar-refractivity contribution is -0.174. The quantitative estimate of drug-likeness (QED) is 0.862. The second kappa shape index (κ2) is 5.02. The number of hydrogen-bond donors (Lipinski definition) is 2. The van der Waals surface area contributed by atoms with Gasteiger partial charge in [0.1, 0.15) is 6.04 Å². The number of nitrogens with zero attached hydrogens (tertiary/aromatic N) is 2. The molecule has 5 nitrogen and oxygen atoms in total. The van der Waals surface area contributed by atoms with Crippen molar-refractivity contribution in [2.75, 3.05) is 5.73 Å². The van der Waals surface area contributed by atoms with Gasteiger partial charge in [-0.1, -0.05) is 20.8 Å². The fourth-order valence-corrected chi connectivity index (χ4v) is 1.51. The van der Waals surface area contributed by atoms with Gasteiger partial charge in [-0.3, -0.25) is 4.79 Å². The van der Waals surface area contributed by atoms with E-state index >= 15 is 0 Å². The zero-order valence-electron chi connectivity index (χ0n) is 10.7. The summed E-state index contributed by atoms with van der Waals surface area (Å²) in [4.78, 5) is 19.0. The Hall–Kier alpha value is -1.86. The minimum Gasteiger partial charge on any atom is -0.382 e. The number of nitrogens with two attached hydrogens (primary N) is 1. The summed E-state index contributed by atoms with van der Waals surface area (Å²) in [5.74, 6) is -1.21. The number of rotatable bonds is 2. The lowest BCUT2D eigenvalue weighted by atomic mass is 9.86. The smallest absolute Gasteiger partial charge is 0.382 e. The molecule has 0 aliphatic carbocycles. The summed E-state index contributed by atoms with van der Waals surface area (Å²) in [7, 11) is 0. The average Bonchev–Trinajstić information content (AvgIpc) is 2.23. The van der Waals surface area contributed by atoms with Gasteiger partial charge in [0.2, 0.25) is 0 Å². The topological polar surface area (TPSA) is 80.9 Å². The summed E-state index contributed by atoms with van der Waals surface area (Å²) in [6, 6.07) is -2.01. The van der Waals surface area contributed by atoms with Crippen LogP contribution in [0, 0.1) is 5.41 Å². The largest absolute Gasteiger partial charge is 0.409 e. The molecule has 0 unspecified atom stereocenters. The zero-order valence-corrected chi connectivity index (χ0v) is 10.7. The molecule has 1 heterocycles. The highest BCUT2D eigenvalue weighted by Crippen LogP contribution is 2.33. The monoisotopic (exact) mass is 276 g/mol. The average molecular weight is 276 g/mol. The predicted molar refractivity (Wildman–Crippen MR) is 63.2 cm³/mol. The van der Waals surface area contributed by atoms with Gasteiger partial charge < -0.3 is 11.1 Å². The van der Waals surface area contributed by atoms with Gasteiger partial charge in [0.25, 0.3) is 5.91 Å². The van der Waals surface area contributed by atoms with Crippen LogP contribution >= 0.6 is 0 Å². The van der Waals surface area contributed by atoms with Gasteiger partial charge in [-0.15, -0.1) is 0 Å². The number of carbonyl (C=O) groups is 1. The molecular weight excluding hydrogens is 261 g/mol. The maximum Gasteiger partial charge on any atom is 0.409 e. The normalized spacial score (nSPS) is 14.0. The Bertz CT molecular complexity index is 454. The van der Waals surface area contributed by atoms with Crippen LogP contribution in [0.1, 0.15) is 31.3 Å². The van der Waals surface area contributed by atoms with Crippen molar-refractivity contribution in [3.05, 3.63) is 18.1 Å². The molecule has 0 aliphatic heterocycles. The van der Waals surface area contributed by atoms with E-state index in [1.807, 2.05) is 5.32 Å². The lowest BCUT2D eigenvalue weighted by Gasteiger charge is -2.32. The van der Waals surface area contributed by atoms with E-state index in [1.165, 1.54) is 33.2 Å². The summed E-state index contributed by atoms with van der Waals surface area (Å²) >= 11 is 0. The molecule has 0 saturated heterocycles. The van der Waals surface area contributed by atoms with Gasteiger partial charge in [-0.05, 0) is 5.41 Å². The van der Waals surface area contributed by atoms with Crippen LogP contribution in [0.2, 0.25) is 0 Å². The van der Waals surface area contributed by atoms with Crippen LogP contribution in [0.5, 0.6) is 0 Å². The van der Waals surface area contributed by atoms with Gasteiger partial charge >= 0.3 is 6.18 Å². The van der Waals surface area contributed by atoms with E-state index in [0.717, 1.165) is 0 Å². The maximum atomic E-state index is 12.9. The molecule has 1 atom stereocenters. The SMILES string of the molecule is CC(C)(C)[C@H](NC(=O)c1nccnc1N)C(F)(F)F. The first-order valence-corrected chi connectivity index (χ1v) is 5.47. The molecule has 0 aromatic carbocycles. The van der Waals surface area contributed by atoms with Gasteiger partial charge in [0.15, 0.2) is 11.5 Å². The number of carbonyl (C=O) groups excluding carboxylic acids is 1. The fraction of sp³-hybridized carbons (Fsp3) is 0.545. The van der Waals surface area contributed by atoms with E-state index in [4.69, 9.17) is 5.73 Å². The first-order chi connectivity index (χ1) is 8.53. The van der Waals surface area contributed by atoms with E-state index < -0.39 is 23.5 Å². The van der Waals surface area contributed by atoms with Crippen molar-refractivity contribution in [2.45, 2.75) is 33.0 Å². The molecule has 0 bridgehead atoms. The third kappa shape index (κ3) is 3.80. The Balaban J connectivity index is 2.99. The standard InChI is InChI=1S/C11H15F3N4O/c1-10(2,3)9(11(12,13)14)18-8(19)6-7(15)17-5-4-16-6/h4-5,9H,1-3H3,(H2,15,17)(H,18,19)/t9-/m0/s1. The first-order valence-electron chi connectivity index (χ1n) is 5.47. The van der Waals surface area contributed by atoms with Crippen LogP contribution in [0.3, 0.4) is 0 Å². The molecule has 8 heteroatoms. The molecular formula is C11H15F3N4O. The summed E-state index contributed by atoms with van der Waals surface area (Å²) in [5, 5.41) is 1.91. The van der Waals surface area contributed by atoms with E-state index in [2.05, 4.69) is 9.97 Å². The zero-order chi connectivity index (χ0) is 14.8. The van der Waals surface area contributed by atoms with Crippen molar-refractivity contribution < 1.29 is 18.0 Å². The second-order valence-corrected chi connectivity index (χ2v) is 5.10. The molecule has 106 valence electrons. The predicted octanol–water partition coefficient (Wildman–Crippen LogP) is 1.77. The fourth-order valence-electron chi connectivity index (χ4n) is 1.51. The molecule has 0 saturated carbocycles. The van der Waals surface area contributed by atoms with Crippen LogP contribution < -0.4 is 11.1 Å². The summed E-state index contributed by atoms with van der Waals surface area (Å²) in [6.45, 7) is 4.14. The Labute approximate surface area is 108 Å². The van der Waals surface area contributed by atoms with Crippen LogP contribution in [-0.2, 0) is 0 Å². The van der Waals surface area contributed by atoms with Crippen molar-refractivity contribution in [1.82, 2.24) is 15.3 Å². The molecule has 0 spiro atoms. The number of alkyl halides is 3. The van der Waals surface area contributed by atoms with E-state index in [0.29, 0.717) is 0 Å². The Morgan fingerprint density at radius 3 is 2.21 bits per heavy atom. The summed E-state index contributed by atoms with van der Waals surface area (Å²) < 4.78 is 38.7. The molecule has 1 aromatic heterocycles. The van der Waals surface area contributed by atoms with Crippen molar-refractivity contribution >= 4 is 11.7 Å². The Morgan fingerprint density at radius 2 is 1.79 bits per heavy atom. The molecule has 0 aliphatic rings. The third-order valence-electron chi connectivity index (χ3n) is 2.41.